The van der Waals surface area contributed by atoms with Crippen molar-refractivity contribution in [3.63, 3.8) is 0 Å². The number of likely N-dealkylation sites (tertiary alicyclic amines) is 1. The summed E-state index contributed by atoms with van der Waals surface area (Å²) in [5.74, 6) is 0.460. The van der Waals surface area contributed by atoms with Crippen LogP contribution in [0.3, 0.4) is 0 Å². The maximum Gasteiger partial charge on any atom is 0.251 e. The zero-order valence-corrected chi connectivity index (χ0v) is 19.8. The van der Waals surface area contributed by atoms with Crippen LogP contribution < -0.4 is 5.32 Å². The number of amides is 1. The quantitative estimate of drug-likeness (QED) is 0.716. The highest BCUT2D eigenvalue weighted by Crippen LogP contribution is 2.28. The molecule has 2 aliphatic heterocycles. The molecular weight excluding hydrogens is 430 g/mol. The van der Waals surface area contributed by atoms with Gasteiger partial charge in [-0.15, -0.1) is 11.3 Å². The van der Waals surface area contributed by atoms with E-state index < -0.39 is 10.0 Å². The van der Waals surface area contributed by atoms with Gasteiger partial charge in [0.15, 0.2) is 0 Å². The number of carbonyl (C=O) groups excluding carboxylic acids is 1. The Morgan fingerprint density at radius 1 is 1.29 bits per heavy atom. The molecular formula is C23H31N3O3S2. The van der Waals surface area contributed by atoms with E-state index in [2.05, 4.69) is 24.1 Å². The molecule has 1 saturated heterocycles. The van der Waals surface area contributed by atoms with Crippen LogP contribution in [0.5, 0.6) is 0 Å². The predicted molar refractivity (Wildman–Crippen MR) is 124 cm³/mol. The zero-order chi connectivity index (χ0) is 22.0. The van der Waals surface area contributed by atoms with E-state index in [9.17, 15) is 13.2 Å². The molecule has 1 fully saturated rings. The van der Waals surface area contributed by atoms with Gasteiger partial charge in [-0.05, 0) is 73.9 Å². The first-order valence-corrected chi connectivity index (χ1v) is 13.3. The summed E-state index contributed by atoms with van der Waals surface area (Å²) in [6.45, 7) is 7.94. The SMILES string of the molecule is CC1CCCN(C(C)CNC(=O)c2cccc(S(=O)(=O)N3CCc4sccc4C3)c2)C1. The van der Waals surface area contributed by atoms with Gasteiger partial charge in [-0.1, -0.05) is 13.0 Å². The molecule has 3 heterocycles. The second-order valence-corrected chi connectivity index (χ2v) is 11.7. The minimum Gasteiger partial charge on any atom is -0.350 e. The number of sulfonamides is 1. The Hall–Kier alpha value is -1.74. The second kappa shape index (κ2) is 9.40. The maximum atomic E-state index is 13.2. The molecule has 1 amide bonds. The van der Waals surface area contributed by atoms with Crippen molar-refractivity contribution in [1.82, 2.24) is 14.5 Å². The lowest BCUT2D eigenvalue weighted by Crippen LogP contribution is -2.46. The smallest absolute Gasteiger partial charge is 0.251 e. The number of benzene rings is 1. The van der Waals surface area contributed by atoms with Crippen LogP contribution in [-0.2, 0) is 23.0 Å². The van der Waals surface area contributed by atoms with E-state index in [1.807, 2.05) is 11.4 Å². The van der Waals surface area contributed by atoms with Gasteiger partial charge in [0, 0.05) is 42.7 Å². The molecule has 1 aromatic heterocycles. The topological polar surface area (TPSA) is 69.7 Å². The second-order valence-electron chi connectivity index (χ2n) is 8.79. The van der Waals surface area contributed by atoms with Crippen LogP contribution in [0.25, 0.3) is 0 Å². The van der Waals surface area contributed by atoms with Gasteiger partial charge in [0.1, 0.15) is 0 Å². The Bertz CT molecular complexity index is 1030. The number of hydrogen-bond donors (Lipinski definition) is 1. The van der Waals surface area contributed by atoms with Gasteiger partial charge in [-0.3, -0.25) is 9.69 Å². The summed E-state index contributed by atoms with van der Waals surface area (Å²) >= 11 is 1.68. The first kappa shape index (κ1) is 22.5. The van der Waals surface area contributed by atoms with Crippen molar-refractivity contribution in [2.75, 3.05) is 26.2 Å². The van der Waals surface area contributed by atoms with Crippen molar-refractivity contribution in [2.45, 2.75) is 50.6 Å². The number of nitrogens with one attached hydrogen (secondary N) is 1. The molecule has 8 heteroatoms. The number of nitrogens with zero attached hydrogens (tertiary/aromatic N) is 2. The zero-order valence-electron chi connectivity index (χ0n) is 18.2. The third-order valence-corrected chi connectivity index (χ3v) is 9.24. The van der Waals surface area contributed by atoms with Crippen LogP contribution in [-0.4, -0.2) is 55.8 Å². The minimum absolute atomic E-state index is 0.178. The highest BCUT2D eigenvalue weighted by Gasteiger charge is 2.29. The van der Waals surface area contributed by atoms with Crippen LogP contribution in [0.4, 0.5) is 0 Å². The first-order valence-electron chi connectivity index (χ1n) is 11.0. The molecule has 6 nitrogen and oxygen atoms in total. The normalized spacial score (nSPS) is 21.4. The van der Waals surface area contributed by atoms with E-state index in [-0.39, 0.29) is 16.8 Å². The fourth-order valence-corrected chi connectivity index (χ4v) is 6.83. The molecule has 0 radical (unpaired) electrons. The Balaban J connectivity index is 1.41. The van der Waals surface area contributed by atoms with E-state index >= 15 is 0 Å². The van der Waals surface area contributed by atoms with Crippen molar-refractivity contribution in [3.8, 4) is 0 Å². The average molecular weight is 462 g/mol. The summed E-state index contributed by atoms with van der Waals surface area (Å²) in [6.07, 6.45) is 3.20. The lowest BCUT2D eigenvalue weighted by atomic mass is 9.99. The molecule has 2 aromatic rings. The third-order valence-electron chi connectivity index (χ3n) is 6.38. The van der Waals surface area contributed by atoms with Gasteiger partial charge in [-0.2, -0.15) is 4.31 Å². The lowest BCUT2D eigenvalue weighted by Gasteiger charge is -2.35. The molecule has 0 saturated carbocycles. The Morgan fingerprint density at radius 2 is 2.13 bits per heavy atom. The van der Waals surface area contributed by atoms with Crippen LogP contribution in [0.2, 0.25) is 0 Å². The number of thiophene rings is 1. The van der Waals surface area contributed by atoms with Crippen LogP contribution in [0.1, 0.15) is 47.5 Å². The van der Waals surface area contributed by atoms with Crippen LogP contribution in [0.15, 0.2) is 40.6 Å². The summed E-state index contributed by atoms with van der Waals surface area (Å²) in [4.78, 5) is 16.6. The standard InChI is InChI=1S/C23H31N3O3S2/c1-17-5-4-10-25(15-17)18(2)14-24-23(27)19-6-3-7-21(13-19)31(28,29)26-11-8-22-20(16-26)9-12-30-22/h3,6-7,9,12-13,17-18H,4-5,8,10-11,14-16H2,1-2H3,(H,24,27). The molecule has 0 aliphatic carbocycles. The monoisotopic (exact) mass is 461 g/mol. The molecule has 2 unspecified atom stereocenters. The molecule has 2 aliphatic rings. The highest BCUT2D eigenvalue weighted by atomic mass is 32.2. The Labute approximate surface area is 189 Å². The molecule has 4 rings (SSSR count). The van der Waals surface area contributed by atoms with E-state index in [4.69, 9.17) is 0 Å². The van der Waals surface area contributed by atoms with Crippen molar-refractivity contribution in [1.29, 1.82) is 0 Å². The minimum atomic E-state index is -3.64. The number of hydrogen-bond acceptors (Lipinski definition) is 5. The highest BCUT2D eigenvalue weighted by molar-refractivity contribution is 7.89. The Kier molecular flexibility index (Phi) is 6.81. The van der Waals surface area contributed by atoms with E-state index in [0.29, 0.717) is 31.1 Å². The fraction of sp³-hybridized carbons (Fsp3) is 0.522. The van der Waals surface area contributed by atoms with Gasteiger partial charge >= 0.3 is 0 Å². The van der Waals surface area contributed by atoms with Crippen molar-refractivity contribution in [3.05, 3.63) is 51.7 Å². The van der Waals surface area contributed by atoms with Gasteiger partial charge in [0.2, 0.25) is 10.0 Å². The summed E-state index contributed by atoms with van der Waals surface area (Å²) in [6, 6.07) is 8.66. The Morgan fingerprint density at radius 3 is 2.94 bits per heavy atom. The first-order chi connectivity index (χ1) is 14.8. The van der Waals surface area contributed by atoms with E-state index in [1.165, 1.54) is 28.1 Å². The van der Waals surface area contributed by atoms with Crippen LogP contribution in [0, 0.1) is 5.92 Å². The molecule has 0 bridgehead atoms. The summed E-state index contributed by atoms with van der Waals surface area (Å²) in [7, 11) is -3.64. The van der Waals surface area contributed by atoms with Gasteiger partial charge < -0.3 is 5.32 Å². The molecule has 0 spiro atoms. The number of rotatable bonds is 6. The molecule has 2 atom stereocenters. The largest absolute Gasteiger partial charge is 0.350 e. The summed E-state index contributed by atoms with van der Waals surface area (Å²) in [5, 5.41) is 5.00. The van der Waals surface area contributed by atoms with E-state index in [1.54, 1.807) is 29.5 Å². The van der Waals surface area contributed by atoms with Crippen molar-refractivity contribution in [2.24, 2.45) is 5.92 Å². The lowest BCUT2D eigenvalue weighted by molar-refractivity contribution is 0.0917. The number of piperidine rings is 1. The van der Waals surface area contributed by atoms with Gasteiger partial charge in [0.05, 0.1) is 4.90 Å². The maximum absolute atomic E-state index is 13.2. The third kappa shape index (κ3) is 5.03. The van der Waals surface area contributed by atoms with Gasteiger partial charge in [0.25, 0.3) is 5.91 Å². The van der Waals surface area contributed by atoms with E-state index in [0.717, 1.165) is 25.1 Å². The van der Waals surface area contributed by atoms with Crippen molar-refractivity contribution >= 4 is 27.3 Å². The number of fused-ring (bicyclic) bond motifs is 1. The molecule has 1 aromatic carbocycles. The summed E-state index contributed by atoms with van der Waals surface area (Å²) in [5.41, 5.74) is 1.46. The van der Waals surface area contributed by atoms with Crippen LogP contribution >= 0.6 is 11.3 Å². The molecule has 31 heavy (non-hydrogen) atoms. The predicted octanol–water partition coefficient (Wildman–Crippen LogP) is 3.35. The molecule has 1 N–H and O–H groups in total. The number of carbonyl (C=O) groups is 1. The van der Waals surface area contributed by atoms with Crippen molar-refractivity contribution < 1.29 is 13.2 Å². The fourth-order valence-electron chi connectivity index (χ4n) is 4.47. The molecule has 168 valence electrons. The summed E-state index contributed by atoms with van der Waals surface area (Å²) < 4.78 is 27.9. The van der Waals surface area contributed by atoms with Gasteiger partial charge in [-0.25, -0.2) is 8.42 Å². The average Bonchev–Trinajstić information content (AvgIpc) is 3.25.